The van der Waals surface area contributed by atoms with E-state index in [-0.39, 0.29) is 29.9 Å². The summed E-state index contributed by atoms with van der Waals surface area (Å²) in [7, 11) is 1.60. The number of nitrogens with zero attached hydrogens (tertiary/aromatic N) is 1. The van der Waals surface area contributed by atoms with Crippen LogP contribution in [0.3, 0.4) is 0 Å². The molecule has 0 saturated carbocycles. The summed E-state index contributed by atoms with van der Waals surface area (Å²) in [5.41, 5.74) is 0.141. The Kier molecular flexibility index (Phi) is 5.23. The number of hydrogen-bond donors (Lipinski definition) is 0. The first-order valence-electron chi connectivity index (χ1n) is 9.06. The molecule has 2 fully saturated rings. The van der Waals surface area contributed by atoms with Crippen LogP contribution >= 0.6 is 0 Å². The van der Waals surface area contributed by atoms with Gasteiger partial charge in [-0.1, -0.05) is 0 Å². The van der Waals surface area contributed by atoms with E-state index in [9.17, 15) is 9.59 Å². The number of methoxy groups -OCH3 is 1. The van der Waals surface area contributed by atoms with Crippen LogP contribution in [0.15, 0.2) is 24.3 Å². The fourth-order valence-electron chi connectivity index (χ4n) is 3.73. The van der Waals surface area contributed by atoms with E-state index in [2.05, 4.69) is 0 Å². The molecule has 6 heteroatoms. The van der Waals surface area contributed by atoms with Crippen molar-refractivity contribution >= 4 is 11.9 Å². The van der Waals surface area contributed by atoms with E-state index in [4.69, 9.17) is 14.2 Å². The second-order valence-electron chi connectivity index (χ2n) is 7.99. The van der Waals surface area contributed by atoms with Gasteiger partial charge in [-0.25, -0.2) is 4.79 Å². The van der Waals surface area contributed by atoms with Crippen molar-refractivity contribution < 1.29 is 23.8 Å². The summed E-state index contributed by atoms with van der Waals surface area (Å²) in [4.78, 5) is 27.3. The van der Waals surface area contributed by atoms with Crippen LogP contribution in [0.25, 0.3) is 0 Å². The average molecular weight is 361 g/mol. The maximum atomic E-state index is 12.9. The zero-order valence-corrected chi connectivity index (χ0v) is 15.9. The van der Waals surface area contributed by atoms with Gasteiger partial charge in [0.15, 0.2) is 5.78 Å². The van der Waals surface area contributed by atoms with Crippen LogP contribution in [0.4, 0.5) is 4.79 Å². The number of piperidine rings is 1. The number of amides is 1. The van der Waals surface area contributed by atoms with Crippen LogP contribution < -0.4 is 4.74 Å². The van der Waals surface area contributed by atoms with Gasteiger partial charge in [-0.15, -0.1) is 0 Å². The lowest BCUT2D eigenvalue weighted by Crippen LogP contribution is -2.60. The number of carbonyl (C=O) groups is 2. The van der Waals surface area contributed by atoms with E-state index in [1.807, 2.05) is 20.8 Å². The van der Waals surface area contributed by atoms with E-state index < -0.39 is 5.60 Å². The lowest BCUT2D eigenvalue weighted by atomic mass is 9.81. The second-order valence-corrected chi connectivity index (χ2v) is 7.99. The van der Waals surface area contributed by atoms with Crippen LogP contribution in [0.1, 0.15) is 44.0 Å². The molecule has 2 atom stereocenters. The number of ether oxygens (including phenoxy) is 3. The summed E-state index contributed by atoms with van der Waals surface area (Å²) < 4.78 is 16.3. The molecule has 0 aromatic heterocycles. The van der Waals surface area contributed by atoms with Crippen molar-refractivity contribution in [2.75, 3.05) is 20.3 Å². The van der Waals surface area contributed by atoms with Crippen LogP contribution in [0, 0.1) is 5.92 Å². The van der Waals surface area contributed by atoms with Gasteiger partial charge in [0, 0.05) is 11.5 Å². The van der Waals surface area contributed by atoms with Crippen molar-refractivity contribution in [2.24, 2.45) is 5.92 Å². The zero-order valence-electron chi connectivity index (χ0n) is 15.9. The minimum absolute atomic E-state index is 0.110. The first kappa shape index (κ1) is 18.7. The van der Waals surface area contributed by atoms with E-state index in [0.29, 0.717) is 31.6 Å². The van der Waals surface area contributed by atoms with E-state index in [1.54, 1.807) is 36.3 Å². The molecule has 0 N–H and O–H groups in total. The molecule has 2 unspecified atom stereocenters. The second kappa shape index (κ2) is 7.27. The van der Waals surface area contributed by atoms with Gasteiger partial charge in [0.1, 0.15) is 11.4 Å². The number of rotatable bonds is 3. The number of fused-ring (bicyclic) bond motifs is 2. The van der Waals surface area contributed by atoms with Gasteiger partial charge in [-0.3, -0.25) is 9.69 Å². The third-order valence-corrected chi connectivity index (χ3v) is 4.87. The number of carbonyl (C=O) groups excluding carboxylic acids is 2. The van der Waals surface area contributed by atoms with Crippen LogP contribution in [-0.2, 0) is 9.47 Å². The lowest BCUT2D eigenvalue weighted by molar-refractivity contribution is -0.0861. The minimum atomic E-state index is -0.540. The fraction of sp³-hybridized carbons (Fsp3) is 0.600. The molecular formula is C20H27NO5. The molecule has 1 aromatic rings. The SMILES string of the molecule is COc1ccc(C(=O)C2CC3COCC(C2)N3C(=O)OC(C)(C)C)cc1. The van der Waals surface area contributed by atoms with Gasteiger partial charge >= 0.3 is 6.09 Å². The number of benzene rings is 1. The predicted octanol–water partition coefficient (Wildman–Crippen LogP) is 3.29. The van der Waals surface area contributed by atoms with Crippen molar-refractivity contribution in [1.82, 2.24) is 4.90 Å². The summed E-state index contributed by atoms with van der Waals surface area (Å²) in [6.45, 7) is 6.47. The maximum Gasteiger partial charge on any atom is 0.410 e. The smallest absolute Gasteiger partial charge is 0.410 e. The molecule has 0 aliphatic carbocycles. The molecule has 0 spiro atoms. The van der Waals surface area contributed by atoms with Gasteiger partial charge < -0.3 is 14.2 Å². The van der Waals surface area contributed by atoms with Crippen LogP contribution in [-0.4, -0.2) is 54.8 Å². The van der Waals surface area contributed by atoms with E-state index in [1.165, 1.54) is 0 Å². The zero-order chi connectivity index (χ0) is 18.9. The van der Waals surface area contributed by atoms with Crippen molar-refractivity contribution in [3.63, 3.8) is 0 Å². The van der Waals surface area contributed by atoms with Gasteiger partial charge in [0.2, 0.25) is 0 Å². The quantitative estimate of drug-likeness (QED) is 0.773. The molecule has 2 aliphatic rings. The van der Waals surface area contributed by atoms with Crippen molar-refractivity contribution in [2.45, 2.75) is 51.3 Å². The van der Waals surface area contributed by atoms with Gasteiger partial charge in [-0.05, 0) is 57.9 Å². The Labute approximate surface area is 154 Å². The van der Waals surface area contributed by atoms with Crippen molar-refractivity contribution in [3.8, 4) is 5.75 Å². The Balaban J connectivity index is 1.72. The van der Waals surface area contributed by atoms with Gasteiger partial charge in [0.05, 0.1) is 32.4 Å². The minimum Gasteiger partial charge on any atom is -0.497 e. The third kappa shape index (κ3) is 4.01. The molecule has 2 heterocycles. The summed E-state index contributed by atoms with van der Waals surface area (Å²) in [5, 5.41) is 0. The van der Waals surface area contributed by atoms with Crippen LogP contribution in [0.2, 0.25) is 0 Å². The normalized spacial score (nSPS) is 25.5. The number of hydrogen-bond acceptors (Lipinski definition) is 5. The number of Topliss-reactive ketones (excluding diaryl/α,β-unsaturated/α-hetero) is 1. The Bertz CT molecular complexity index is 650. The molecule has 1 amide bonds. The maximum absolute atomic E-state index is 12.9. The molecule has 6 nitrogen and oxygen atoms in total. The summed E-state index contributed by atoms with van der Waals surface area (Å²) in [6, 6.07) is 6.95. The van der Waals surface area contributed by atoms with Gasteiger partial charge in [-0.2, -0.15) is 0 Å². The van der Waals surface area contributed by atoms with Crippen molar-refractivity contribution in [1.29, 1.82) is 0 Å². The Morgan fingerprint density at radius 2 is 1.65 bits per heavy atom. The molecule has 142 valence electrons. The summed E-state index contributed by atoms with van der Waals surface area (Å²) in [6.07, 6.45) is 0.882. The first-order chi connectivity index (χ1) is 12.3. The number of morpholine rings is 1. The molecule has 0 radical (unpaired) electrons. The standard InChI is InChI=1S/C20H27NO5/c1-20(2,3)26-19(23)21-15-9-14(10-16(21)12-25-11-15)18(22)13-5-7-17(24-4)8-6-13/h5-8,14-16H,9-12H2,1-4H3. The predicted molar refractivity (Wildman–Crippen MR) is 96.5 cm³/mol. The molecule has 2 bridgehead atoms. The molecule has 26 heavy (non-hydrogen) atoms. The monoisotopic (exact) mass is 361 g/mol. The molecule has 3 rings (SSSR count). The highest BCUT2D eigenvalue weighted by Gasteiger charge is 2.45. The van der Waals surface area contributed by atoms with E-state index in [0.717, 1.165) is 5.75 Å². The Morgan fingerprint density at radius 1 is 1.08 bits per heavy atom. The Morgan fingerprint density at radius 3 is 2.15 bits per heavy atom. The molecular weight excluding hydrogens is 334 g/mol. The fourth-order valence-corrected chi connectivity index (χ4v) is 3.73. The first-order valence-corrected chi connectivity index (χ1v) is 9.06. The Hall–Kier alpha value is -2.08. The number of ketones is 1. The van der Waals surface area contributed by atoms with E-state index >= 15 is 0 Å². The molecule has 1 aromatic carbocycles. The highest BCUT2D eigenvalue weighted by Crippen LogP contribution is 2.34. The summed E-state index contributed by atoms with van der Waals surface area (Å²) >= 11 is 0. The summed E-state index contributed by atoms with van der Waals surface area (Å²) in [5.74, 6) is 0.737. The third-order valence-electron chi connectivity index (χ3n) is 4.87. The topological polar surface area (TPSA) is 65.1 Å². The highest BCUT2D eigenvalue weighted by atomic mass is 16.6. The van der Waals surface area contributed by atoms with Crippen LogP contribution in [0.5, 0.6) is 5.75 Å². The van der Waals surface area contributed by atoms with Crippen molar-refractivity contribution in [3.05, 3.63) is 29.8 Å². The lowest BCUT2D eigenvalue weighted by Gasteiger charge is -2.47. The van der Waals surface area contributed by atoms with Gasteiger partial charge in [0.25, 0.3) is 0 Å². The highest BCUT2D eigenvalue weighted by molar-refractivity contribution is 5.98. The molecule has 2 saturated heterocycles. The largest absolute Gasteiger partial charge is 0.497 e. The average Bonchev–Trinajstić information content (AvgIpc) is 2.58. The molecule has 2 aliphatic heterocycles.